The van der Waals surface area contributed by atoms with Gasteiger partial charge >= 0.3 is 5.97 Å². The van der Waals surface area contributed by atoms with Crippen molar-refractivity contribution in [2.75, 3.05) is 19.0 Å². The molecule has 3 rings (SSSR count). The average molecular weight is 403 g/mol. The third-order valence-corrected chi connectivity index (χ3v) is 5.74. The number of esters is 1. The highest BCUT2D eigenvalue weighted by atomic mass is 79.9. The van der Waals surface area contributed by atoms with Crippen molar-refractivity contribution in [2.24, 2.45) is 5.92 Å². The van der Waals surface area contributed by atoms with E-state index in [1.54, 1.807) is 12.1 Å². The zero-order chi connectivity index (χ0) is 16.4. The lowest BCUT2D eigenvalue weighted by atomic mass is 10.1. The Morgan fingerprint density at radius 2 is 1.96 bits per heavy atom. The van der Waals surface area contributed by atoms with Gasteiger partial charge < -0.3 is 14.2 Å². The van der Waals surface area contributed by atoms with Gasteiger partial charge in [0.05, 0.1) is 12.2 Å². The minimum Gasteiger partial charge on any atom is -0.486 e. The third-order valence-electron chi connectivity index (χ3n) is 3.53. The van der Waals surface area contributed by atoms with Crippen molar-refractivity contribution in [1.82, 2.24) is 0 Å². The van der Waals surface area contributed by atoms with Crippen LogP contribution in [0.2, 0.25) is 0 Å². The quantitative estimate of drug-likeness (QED) is 0.718. The molecule has 6 nitrogen and oxygen atoms in total. The molecule has 2 aliphatic rings. The summed E-state index contributed by atoms with van der Waals surface area (Å²) in [7, 11) is -3.15. The first kappa shape index (κ1) is 16.3. The van der Waals surface area contributed by atoms with E-state index in [1.165, 1.54) is 6.08 Å². The van der Waals surface area contributed by atoms with Gasteiger partial charge in [-0.05, 0) is 12.1 Å². The molecular formula is C15H15BrO6S. The Morgan fingerprint density at radius 1 is 1.26 bits per heavy atom. The van der Waals surface area contributed by atoms with Crippen LogP contribution in [0, 0.1) is 5.92 Å². The molecule has 0 aliphatic carbocycles. The molecule has 0 aromatic heterocycles. The van der Waals surface area contributed by atoms with Crippen molar-refractivity contribution in [3.63, 3.8) is 0 Å². The smallest absolute Gasteiger partial charge is 0.306 e. The Morgan fingerprint density at radius 3 is 2.61 bits per heavy atom. The van der Waals surface area contributed by atoms with Crippen LogP contribution in [0.25, 0.3) is 0 Å². The molecule has 0 radical (unpaired) electrons. The van der Waals surface area contributed by atoms with Gasteiger partial charge in [-0.3, -0.25) is 4.79 Å². The number of hydrogen-bond donors (Lipinski definition) is 0. The van der Waals surface area contributed by atoms with E-state index >= 15 is 0 Å². The van der Waals surface area contributed by atoms with E-state index in [2.05, 4.69) is 15.9 Å². The van der Waals surface area contributed by atoms with Crippen LogP contribution in [0.1, 0.15) is 12.0 Å². The number of hydrogen-bond acceptors (Lipinski definition) is 6. The molecule has 23 heavy (non-hydrogen) atoms. The van der Waals surface area contributed by atoms with Crippen molar-refractivity contribution >= 4 is 31.7 Å². The average Bonchev–Trinajstić information content (AvgIpc) is 2.84. The highest BCUT2D eigenvalue weighted by molar-refractivity contribution is 9.10. The Kier molecular flexibility index (Phi) is 4.63. The van der Waals surface area contributed by atoms with E-state index in [1.807, 2.05) is 0 Å². The normalized spacial score (nSPS) is 21.2. The molecule has 0 saturated carbocycles. The molecule has 1 aromatic carbocycles. The highest BCUT2D eigenvalue weighted by Crippen LogP contribution is 2.35. The van der Waals surface area contributed by atoms with Gasteiger partial charge in [0.1, 0.15) is 19.8 Å². The summed E-state index contributed by atoms with van der Waals surface area (Å²) in [4.78, 5) is 11.9. The third kappa shape index (κ3) is 4.06. The number of benzene rings is 1. The molecule has 2 aliphatic heterocycles. The summed E-state index contributed by atoms with van der Waals surface area (Å²) in [6.07, 6.45) is 1.59. The zero-order valence-corrected chi connectivity index (χ0v) is 14.6. The molecule has 0 N–H and O–H groups in total. The molecule has 0 bridgehead atoms. The van der Waals surface area contributed by atoms with E-state index in [4.69, 9.17) is 14.2 Å². The maximum absolute atomic E-state index is 11.9. The summed E-state index contributed by atoms with van der Waals surface area (Å²) in [5.74, 6) is 0.500. The lowest BCUT2D eigenvalue weighted by molar-refractivity contribution is -0.145. The fourth-order valence-electron chi connectivity index (χ4n) is 2.42. The summed E-state index contributed by atoms with van der Waals surface area (Å²) in [6.45, 7) is 1.07. The largest absolute Gasteiger partial charge is 0.486 e. The molecule has 0 unspecified atom stereocenters. The molecule has 8 heteroatoms. The molecule has 2 heterocycles. The second-order valence-corrected chi connectivity index (χ2v) is 8.16. The van der Waals surface area contributed by atoms with Crippen LogP contribution < -0.4 is 9.47 Å². The van der Waals surface area contributed by atoms with Crippen molar-refractivity contribution < 1.29 is 27.4 Å². The first-order valence-corrected chi connectivity index (χ1v) is 9.58. The van der Waals surface area contributed by atoms with Gasteiger partial charge in [0.2, 0.25) is 0 Å². The summed E-state index contributed by atoms with van der Waals surface area (Å²) in [5.41, 5.74) is 0.761. The number of fused-ring (bicyclic) bond motifs is 1. The van der Waals surface area contributed by atoms with E-state index in [0.29, 0.717) is 24.7 Å². The van der Waals surface area contributed by atoms with Gasteiger partial charge in [0.15, 0.2) is 21.3 Å². The number of carbonyl (C=O) groups excluding carboxylic acids is 1. The maximum atomic E-state index is 11.9. The van der Waals surface area contributed by atoms with Crippen molar-refractivity contribution in [1.29, 1.82) is 0 Å². The van der Waals surface area contributed by atoms with Gasteiger partial charge in [0, 0.05) is 21.4 Å². The first-order chi connectivity index (χ1) is 10.9. The number of carbonyl (C=O) groups is 1. The minimum absolute atomic E-state index is 0.0319. The number of rotatable bonds is 4. The maximum Gasteiger partial charge on any atom is 0.306 e. The van der Waals surface area contributed by atoms with Crippen LogP contribution in [-0.2, 0) is 26.0 Å². The number of halogens is 1. The van der Waals surface area contributed by atoms with Crippen molar-refractivity contribution in [2.45, 2.75) is 13.0 Å². The van der Waals surface area contributed by atoms with Crippen LogP contribution in [0.4, 0.5) is 0 Å². The summed E-state index contributed by atoms with van der Waals surface area (Å²) in [5, 5.41) is 1.16. The molecule has 1 aromatic rings. The number of ether oxygens (including phenoxy) is 3. The van der Waals surface area contributed by atoms with Crippen LogP contribution >= 0.6 is 15.9 Å². The van der Waals surface area contributed by atoms with Crippen LogP contribution in [0.3, 0.4) is 0 Å². The molecule has 0 spiro atoms. The first-order valence-electron chi connectivity index (χ1n) is 7.07. The molecular weight excluding hydrogens is 388 g/mol. The zero-order valence-electron chi connectivity index (χ0n) is 12.2. The van der Waals surface area contributed by atoms with Crippen LogP contribution in [-0.4, -0.2) is 33.4 Å². The SMILES string of the molecule is O=C(C[C@@H]1C=CS(=O)(=O)C1)OCc1cc2c(cc1Br)OCCO2. The fourth-order valence-corrected chi connectivity index (χ4v) is 4.25. The van der Waals surface area contributed by atoms with Crippen LogP contribution in [0.5, 0.6) is 11.5 Å². The van der Waals surface area contributed by atoms with Gasteiger partial charge in [-0.2, -0.15) is 0 Å². The highest BCUT2D eigenvalue weighted by Gasteiger charge is 2.24. The fraction of sp³-hybridized carbons (Fsp3) is 0.400. The van der Waals surface area contributed by atoms with E-state index < -0.39 is 15.8 Å². The number of sulfone groups is 1. The predicted molar refractivity (Wildman–Crippen MR) is 86.0 cm³/mol. The van der Waals surface area contributed by atoms with Gasteiger partial charge in [0.25, 0.3) is 0 Å². The Hall–Kier alpha value is -1.54. The Balaban J connectivity index is 1.58. The lowest BCUT2D eigenvalue weighted by Gasteiger charge is -2.20. The Bertz CT molecular complexity index is 755. The van der Waals surface area contributed by atoms with E-state index in [9.17, 15) is 13.2 Å². The van der Waals surface area contributed by atoms with Crippen molar-refractivity contribution in [3.8, 4) is 11.5 Å². The van der Waals surface area contributed by atoms with Crippen molar-refractivity contribution in [3.05, 3.63) is 33.7 Å². The van der Waals surface area contributed by atoms with Gasteiger partial charge in [-0.1, -0.05) is 22.0 Å². The summed E-state index contributed by atoms with van der Waals surface area (Å²) >= 11 is 3.41. The topological polar surface area (TPSA) is 78.9 Å². The second-order valence-electron chi connectivity index (χ2n) is 5.37. The molecule has 0 fully saturated rings. The molecule has 0 amide bonds. The Labute approximate surface area is 142 Å². The van der Waals surface area contributed by atoms with E-state index in [0.717, 1.165) is 15.4 Å². The monoisotopic (exact) mass is 402 g/mol. The predicted octanol–water partition coefficient (Wildman–Crippen LogP) is 2.21. The van der Waals surface area contributed by atoms with Crippen LogP contribution in [0.15, 0.2) is 28.1 Å². The van der Waals surface area contributed by atoms with Gasteiger partial charge in [-0.25, -0.2) is 8.42 Å². The molecule has 1 atom stereocenters. The lowest BCUT2D eigenvalue weighted by Crippen LogP contribution is -2.16. The molecule has 124 valence electrons. The summed E-state index contributed by atoms with van der Waals surface area (Å²) < 4.78 is 39.6. The second kappa shape index (κ2) is 6.52. The standard InChI is InChI=1S/C15H15BrO6S/c16-12-7-14-13(20-2-3-21-14)6-11(12)8-22-15(17)5-10-1-4-23(18,19)9-10/h1,4,6-7,10H,2-3,5,8-9H2/t10-/m0/s1. The van der Waals surface area contributed by atoms with E-state index in [-0.39, 0.29) is 24.7 Å². The number of allylic oxidation sites excluding steroid dienone is 1. The minimum atomic E-state index is -3.15. The summed E-state index contributed by atoms with van der Waals surface area (Å²) in [6, 6.07) is 3.55. The van der Waals surface area contributed by atoms with Gasteiger partial charge in [-0.15, -0.1) is 0 Å². The molecule has 0 saturated heterocycles.